The van der Waals surface area contributed by atoms with Crippen molar-refractivity contribution in [2.45, 2.75) is 96.8 Å². The Bertz CT molecular complexity index is 664. The number of halogens is 3. The average molecular weight is 494 g/mol. The van der Waals surface area contributed by atoms with Gasteiger partial charge in [-0.3, -0.25) is 9.59 Å². The molecular formula is C24H35Cl3O4. The topological polar surface area (TPSA) is 52.6 Å². The van der Waals surface area contributed by atoms with Crippen molar-refractivity contribution in [3.63, 3.8) is 0 Å². The van der Waals surface area contributed by atoms with Gasteiger partial charge in [-0.15, -0.1) is 0 Å². The highest BCUT2D eigenvalue weighted by molar-refractivity contribution is 6.44. The van der Waals surface area contributed by atoms with Gasteiger partial charge in [-0.2, -0.15) is 0 Å². The van der Waals surface area contributed by atoms with E-state index in [9.17, 15) is 9.59 Å². The zero-order valence-electron chi connectivity index (χ0n) is 18.5. The van der Waals surface area contributed by atoms with Crippen LogP contribution in [-0.2, 0) is 14.3 Å². The number of carbonyl (C=O) groups is 2. The van der Waals surface area contributed by atoms with E-state index in [4.69, 9.17) is 44.3 Å². The van der Waals surface area contributed by atoms with E-state index in [1.54, 1.807) is 12.1 Å². The lowest BCUT2D eigenvalue weighted by Gasteiger charge is -2.09. The number of carbonyl (C=O) groups excluding carboxylic acids is 2. The van der Waals surface area contributed by atoms with Crippen LogP contribution < -0.4 is 4.74 Å². The van der Waals surface area contributed by atoms with E-state index in [1.165, 1.54) is 25.7 Å². The summed E-state index contributed by atoms with van der Waals surface area (Å²) in [6.45, 7) is 2.75. The first-order valence-corrected chi connectivity index (χ1v) is 12.6. The molecule has 4 nitrogen and oxygen atoms in total. The van der Waals surface area contributed by atoms with Gasteiger partial charge in [0.25, 0.3) is 0 Å². The van der Waals surface area contributed by atoms with E-state index in [0.717, 1.165) is 51.4 Å². The minimum Gasteiger partial charge on any atom is -0.466 e. The summed E-state index contributed by atoms with van der Waals surface area (Å²) in [5.74, 6) is -0.349. The molecule has 1 rings (SSSR count). The van der Waals surface area contributed by atoms with Gasteiger partial charge >= 0.3 is 11.9 Å². The van der Waals surface area contributed by atoms with Gasteiger partial charge in [0.05, 0.1) is 16.7 Å². The summed E-state index contributed by atoms with van der Waals surface area (Å²) < 4.78 is 10.5. The molecule has 0 N–H and O–H groups in total. The third-order valence-corrected chi connectivity index (χ3v) is 6.08. The highest BCUT2D eigenvalue weighted by Gasteiger charge is 2.14. The number of hydrogen-bond donors (Lipinski definition) is 0. The molecule has 31 heavy (non-hydrogen) atoms. The zero-order chi connectivity index (χ0) is 22.9. The van der Waals surface area contributed by atoms with E-state index in [-0.39, 0.29) is 27.7 Å². The van der Waals surface area contributed by atoms with E-state index >= 15 is 0 Å². The summed E-state index contributed by atoms with van der Waals surface area (Å²) in [4.78, 5) is 23.7. The third kappa shape index (κ3) is 13.2. The van der Waals surface area contributed by atoms with Gasteiger partial charge in [-0.1, -0.05) is 99.5 Å². The summed E-state index contributed by atoms with van der Waals surface area (Å²) in [6, 6.07) is 3.10. The second-order valence-electron chi connectivity index (χ2n) is 7.76. The standard InChI is InChI=1S/C24H35Cl3O4/c1-2-3-4-5-10-13-18-30-21(28)14-11-8-6-7-9-12-15-22(29)31-24-20(26)17-16-19(25)23(24)27/h16-17H,2-15,18H2,1H3. The van der Waals surface area contributed by atoms with Gasteiger partial charge in [0.2, 0.25) is 0 Å². The lowest BCUT2D eigenvalue weighted by molar-refractivity contribution is -0.144. The molecule has 1 aromatic carbocycles. The molecular weight excluding hydrogens is 459 g/mol. The maximum absolute atomic E-state index is 12.0. The number of ether oxygens (including phenoxy) is 2. The van der Waals surface area contributed by atoms with Crippen molar-refractivity contribution in [1.82, 2.24) is 0 Å². The molecule has 0 fully saturated rings. The van der Waals surface area contributed by atoms with Crippen LogP contribution in [0.25, 0.3) is 0 Å². The van der Waals surface area contributed by atoms with Crippen LogP contribution in [0.4, 0.5) is 0 Å². The van der Waals surface area contributed by atoms with Crippen LogP contribution in [-0.4, -0.2) is 18.5 Å². The van der Waals surface area contributed by atoms with Crippen molar-refractivity contribution in [3.8, 4) is 5.75 Å². The zero-order valence-corrected chi connectivity index (χ0v) is 20.8. The molecule has 0 aliphatic rings. The van der Waals surface area contributed by atoms with Gasteiger partial charge in [0.1, 0.15) is 5.02 Å². The molecule has 0 spiro atoms. The number of unbranched alkanes of at least 4 members (excludes halogenated alkanes) is 10. The molecule has 0 saturated carbocycles. The van der Waals surface area contributed by atoms with Gasteiger partial charge in [0.15, 0.2) is 5.75 Å². The summed E-state index contributed by atoms with van der Waals surface area (Å²) in [6.07, 6.45) is 13.5. The Balaban J connectivity index is 1.98. The third-order valence-electron chi connectivity index (χ3n) is 4.99. The highest BCUT2D eigenvalue weighted by Crippen LogP contribution is 2.38. The van der Waals surface area contributed by atoms with Crippen molar-refractivity contribution < 1.29 is 19.1 Å². The normalized spacial score (nSPS) is 10.8. The van der Waals surface area contributed by atoms with Crippen LogP contribution in [0.3, 0.4) is 0 Å². The largest absolute Gasteiger partial charge is 0.466 e. The smallest absolute Gasteiger partial charge is 0.311 e. The average Bonchev–Trinajstić information content (AvgIpc) is 2.75. The molecule has 0 amide bonds. The molecule has 0 aliphatic carbocycles. The summed E-state index contributed by atoms with van der Waals surface area (Å²) in [7, 11) is 0. The van der Waals surface area contributed by atoms with Crippen LogP contribution in [0.2, 0.25) is 15.1 Å². The van der Waals surface area contributed by atoms with Crippen LogP contribution >= 0.6 is 34.8 Å². The minimum absolute atomic E-state index is 0.0883. The van der Waals surface area contributed by atoms with Crippen LogP contribution in [0.1, 0.15) is 96.8 Å². The van der Waals surface area contributed by atoms with E-state index in [1.807, 2.05) is 0 Å². The maximum atomic E-state index is 12.0. The Morgan fingerprint density at radius 3 is 1.87 bits per heavy atom. The molecule has 0 heterocycles. The Labute approximate surface area is 201 Å². The predicted molar refractivity (Wildman–Crippen MR) is 128 cm³/mol. The molecule has 0 aromatic heterocycles. The highest BCUT2D eigenvalue weighted by atomic mass is 35.5. The van der Waals surface area contributed by atoms with E-state index in [0.29, 0.717) is 24.5 Å². The molecule has 1 aromatic rings. The number of benzene rings is 1. The molecule has 0 aliphatic heterocycles. The maximum Gasteiger partial charge on any atom is 0.311 e. The molecule has 0 atom stereocenters. The van der Waals surface area contributed by atoms with Crippen LogP contribution in [0.15, 0.2) is 12.1 Å². The molecule has 0 radical (unpaired) electrons. The number of rotatable bonds is 17. The van der Waals surface area contributed by atoms with Crippen LogP contribution in [0, 0.1) is 0 Å². The van der Waals surface area contributed by atoms with E-state index < -0.39 is 0 Å². The first kappa shape index (κ1) is 28.1. The fourth-order valence-electron chi connectivity index (χ4n) is 3.15. The Kier molecular flexibility index (Phi) is 15.9. The molecule has 176 valence electrons. The summed E-state index contributed by atoms with van der Waals surface area (Å²) >= 11 is 18.0. The fourth-order valence-corrected chi connectivity index (χ4v) is 3.75. The predicted octanol–water partition coefficient (Wildman–Crippen LogP) is 8.58. The van der Waals surface area contributed by atoms with Gasteiger partial charge < -0.3 is 9.47 Å². The lowest BCUT2D eigenvalue weighted by atomic mass is 10.1. The van der Waals surface area contributed by atoms with Crippen molar-refractivity contribution >= 4 is 46.7 Å². The van der Waals surface area contributed by atoms with Gasteiger partial charge in [-0.05, 0) is 31.4 Å². The second-order valence-corrected chi connectivity index (χ2v) is 8.95. The quantitative estimate of drug-likeness (QED) is 0.0943. The Hall–Kier alpha value is -0.970. The molecule has 7 heteroatoms. The first-order chi connectivity index (χ1) is 15.0. The van der Waals surface area contributed by atoms with Gasteiger partial charge in [0, 0.05) is 12.8 Å². The van der Waals surface area contributed by atoms with Crippen molar-refractivity contribution in [1.29, 1.82) is 0 Å². The molecule has 0 bridgehead atoms. The minimum atomic E-state index is -0.376. The lowest BCUT2D eigenvalue weighted by Crippen LogP contribution is -2.08. The summed E-state index contributed by atoms with van der Waals surface area (Å²) in [5, 5.41) is 0.696. The monoisotopic (exact) mass is 492 g/mol. The van der Waals surface area contributed by atoms with Crippen molar-refractivity contribution in [2.24, 2.45) is 0 Å². The fraction of sp³-hybridized carbons (Fsp3) is 0.667. The summed E-state index contributed by atoms with van der Waals surface area (Å²) in [5.41, 5.74) is 0. The molecule has 0 saturated heterocycles. The number of hydrogen-bond acceptors (Lipinski definition) is 4. The van der Waals surface area contributed by atoms with Gasteiger partial charge in [-0.25, -0.2) is 0 Å². The Morgan fingerprint density at radius 1 is 0.710 bits per heavy atom. The molecule has 0 unspecified atom stereocenters. The number of esters is 2. The SMILES string of the molecule is CCCCCCCCOC(=O)CCCCCCCCC(=O)Oc1c(Cl)ccc(Cl)c1Cl. The van der Waals surface area contributed by atoms with Crippen molar-refractivity contribution in [3.05, 3.63) is 27.2 Å². The van der Waals surface area contributed by atoms with E-state index in [2.05, 4.69) is 6.92 Å². The van der Waals surface area contributed by atoms with Crippen molar-refractivity contribution in [2.75, 3.05) is 6.61 Å². The van der Waals surface area contributed by atoms with Crippen LogP contribution in [0.5, 0.6) is 5.75 Å². The Morgan fingerprint density at radius 2 is 1.23 bits per heavy atom. The second kappa shape index (κ2) is 17.6. The first-order valence-electron chi connectivity index (χ1n) is 11.5.